The molecule has 1 aromatic carbocycles. The molecule has 0 spiro atoms. The van der Waals surface area contributed by atoms with Crippen LogP contribution in [0.25, 0.3) is 0 Å². The van der Waals surface area contributed by atoms with Gasteiger partial charge in [-0.2, -0.15) is 0 Å². The van der Waals surface area contributed by atoms with Crippen molar-refractivity contribution >= 4 is 12.6 Å². The fraction of sp³-hybridized carbons (Fsp3) is 0.400. The van der Waals surface area contributed by atoms with E-state index in [2.05, 4.69) is 0 Å². The summed E-state index contributed by atoms with van der Waals surface area (Å²) in [6.07, 6.45) is -0.549. The van der Waals surface area contributed by atoms with Crippen molar-refractivity contribution < 1.29 is 19.0 Å². The molecule has 6 nitrogen and oxygen atoms in total. The van der Waals surface area contributed by atoms with Crippen LogP contribution < -0.4 is 10.2 Å². The third-order valence-corrected chi connectivity index (χ3v) is 2.90. The first kappa shape index (κ1) is 10.6. The van der Waals surface area contributed by atoms with Crippen LogP contribution in [0, 0.1) is 10.1 Å². The molecule has 0 saturated heterocycles. The average Bonchev–Trinajstić information content (AvgIpc) is 2.51. The summed E-state index contributed by atoms with van der Waals surface area (Å²) in [6, 6.07) is 5.47. The fourth-order valence-electron chi connectivity index (χ4n) is 2.22. The Labute approximate surface area is 97.8 Å². The van der Waals surface area contributed by atoms with Crippen molar-refractivity contribution in [1.29, 1.82) is 0 Å². The minimum absolute atomic E-state index is 0.254. The first-order valence-electron chi connectivity index (χ1n) is 5.40. The zero-order chi connectivity index (χ0) is 11.8. The Morgan fingerprint density at radius 3 is 3.18 bits per heavy atom. The monoisotopic (exact) mass is 235 g/mol. The van der Waals surface area contributed by atoms with E-state index in [1.54, 1.807) is 0 Å². The Bertz CT molecular complexity index is 466. The van der Waals surface area contributed by atoms with Gasteiger partial charge in [0.15, 0.2) is 0 Å². The predicted molar refractivity (Wildman–Crippen MR) is 59.0 cm³/mol. The molecule has 2 aliphatic rings. The molecular weight excluding hydrogens is 225 g/mol. The standard InChI is InChI=1S/C10H10BNO5/c13-12(14)6-9-7-2-1-3-8-10(7)11(17-9)16-5-4-15-8/h1-3,9H,4-6H2/t9-/m1/s1. The molecule has 0 amide bonds. The SMILES string of the molecule is O=[N+]([O-])C[C@H]1OB2OCCOc3cccc1c32. The lowest BCUT2D eigenvalue weighted by atomic mass is 9.78. The zero-order valence-corrected chi connectivity index (χ0v) is 9.00. The second kappa shape index (κ2) is 4.01. The van der Waals surface area contributed by atoms with Gasteiger partial charge < -0.3 is 14.0 Å². The lowest BCUT2D eigenvalue weighted by Crippen LogP contribution is -2.31. The van der Waals surface area contributed by atoms with E-state index in [1.807, 2.05) is 18.2 Å². The molecule has 2 heterocycles. The number of ether oxygens (including phenoxy) is 1. The summed E-state index contributed by atoms with van der Waals surface area (Å²) in [5.74, 6) is 0.704. The zero-order valence-electron chi connectivity index (χ0n) is 9.00. The fourth-order valence-corrected chi connectivity index (χ4v) is 2.22. The minimum Gasteiger partial charge on any atom is -0.492 e. The second-order valence-corrected chi connectivity index (χ2v) is 3.95. The highest BCUT2D eigenvalue weighted by Crippen LogP contribution is 2.29. The van der Waals surface area contributed by atoms with Crippen molar-refractivity contribution in [2.45, 2.75) is 6.10 Å². The minimum atomic E-state index is -0.549. The van der Waals surface area contributed by atoms with Crippen molar-refractivity contribution in [3.8, 4) is 5.75 Å². The largest absolute Gasteiger partial charge is 0.498 e. The maximum atomic E-state index is 10.6. The maximum Gasteiger partial charge on any atom is 0.498 e. The molecule has 0 radical (unpaired) electrons. The van der Waals surface area contributed by atoms with E-state index in [1.165, 1.54) is 0 Å². The molecule has 2 aliphatic heterocycles. The van der Waals surface area contributed by atoms with Gasteiger partial charge in [-0.05, 0) is 11.6 Å². The number of hydrogen-bond donors (Lipinski definition) is 0. The van der Waals surface area contributed by atoms with Gasteiger partial charge in [-0.1, -0.05) is 12.1 Å². The van der Waals surface area contributed by atoms with Gasteiger partial charge in [0.05, 0.1) is 6.61 Å². The quantitative estimate of drug-likeness (QED) is 0.414. The van der Waals surface area contributed by atoms with Crippen molar-refractivity contribution in [3.63, 3.8) is 0 Å². The van der Waals surface area contributed by atoms with Crippen LogP contribution in [-0.4, -0.2) is 31.8 Å². The van der Waals surface area contributed by atoms with Crippen molar-refractivity contribution in [2.24, 2.45) is 0 Å². The number of hydrogen-bond acceptors (Lipinski definition) is 5. The lowest BCUT2D eigenvalue weighted by Gasteiger charge is -2.09. The van der Waals surface area contributed by atoms with E-state index in [4.69, 9.17) is 14.0 Å². The van der Waals surface area contributed by atoms with Gasteiger partial charge in [-0.15, -0.1) is 0 Å². The third kappa shape index (κ3) is 1.77. The number of benzene rings is 1. The molecule has 3 rings (SSSR count). The Morgan fingerprint density at radius 1 is 1.47 bits per heavy atom. The van der Waals surface area contributed by atoms with Crippen LogP contribution in [-0.2, 0) is 9.31 Å². The lowest BCUT2D eigenvalue weighted by molar-refractivity contribution is -0.490. The molecule has 0 fully saturated rings. The summed E-state index contributed by atoms with van der Waals surface area (Å²) in [5, 5.41) is 10.6. The van der Waals surface area contributed by atoms with Crippen LogP contribution in [0.5, 0.6) is 5.75 Å². The van der Waals surface area contributed by atoms with Gasteiger partial charge in [0, 0.05) is 10.4 Å². The van der Waals surface area contributed by atoms with Crippen LogP contribution >= 0.6 is 0 Å². The van der Waals surface area contributed by atoms with E-state index in [0.717, 1.165) is 11.0 Å². The Balaban J connectivity index is 2.01. The van der Waals surface area contributed by atoms with Gasteiger partial charge in [-0.25, -0.2) is 0 Å². The molecule has 0 aromatic heterocycles. The first-order chi connectivity index (χ1) is 8.25. The maximum absolute atomic E-state index is 10.6. The molecule has 0 bridgehead atoms. The van der Waals surface area contributed by atoms with E-state index in [0.29, 0.717) is 19.0 Å². The van der Waals surface area contributed by atoms with E-state index in [-0.39, 0.29) is 11.5 Å². The summed E-state index contributed by atoms with van der Waals surface area (Å²) in [7, 11) is -0.534. The summed E-state index contributed by atoms with van der Waals surface area (Å²) >= 11 is 0. The molecule has 0 saturated carbocycles. The molecular formula is C10H10BNO5. The molecule has 7 heteroatoms. The van der Waals surface area contributed by atoms with Gasteiger partial charge >= 0.3 is 7.12 Å². The highest BCUT2D eigenvalue weighted by molar-refractivity contribution is 6.64. The average molecular weight is 235 g/mol. The van der Waals surface area contributed by atoms with Crippen LogP contribution in [0.4, 0.5) is 0 Å². The van der Waals surface area contributed by atoms with E-state index >= 15 is 0 Å². The number of nitrogens with zero attached hydrogens (tertiary/aromatic N) is 1. The van der Waals surface area contributed by atoms with Crippen LogP contribution in [0.15, 0.2) is 18.2 Å². The van der Waals surface area contributed by atoms with Crippen molar-refractivity contribution in [1.82, 2.24) is 0 Å². The van der Waals surface area contributed by atoms with Crippen molar-refractivity contribution in [3.05, 3.63) is 33.9 Å². The van der Waals surface area contributed by atoms with E-state index in [9.17, 15) is 10.1 Å². The van der Waals surface area contributed by atoms with Gasteiger partial charge in [0.1, 0.15) is 18.5 Å². The van der Waals surface area contributed by atoms with Gasteiger partial charge in [-0.3, -0.25) is 10.1 Å². The summed E-state index contributed by atoms with van der Waals surface area (Å²) < 4.78 is 16.6. The first-order valence-corrected chi connectivity index (χ1v) is 5.40. The van der Waals surface area contributed by atoms with Crippen LogP contribution in [0.1, 0.15) is 11.7 Å². The third-order valence-electron chi connectivity index (χ3n) is 2.90. The molecule has 1 aromatic rings. The molecule has 17 heavy (non-hydrogen) atoms. The molecule has 0 N–H and O–H groups in total. The number of nitro groups is 1. The van der Waals surface area contributed by atoms with Crippen LogP contribution in [0.2, 0.25) is 0 Å². The van der Waals surface area contributed by atoms with Crippen molar-refractivity contribution in [2.75, 3.05) is 19.8 Å². The summed E-state index contributed by atoms with van der Waals surface area (Å²) in [4.78, 5) is 10.2. The van der Waals surface area contributed by atoms with Gasteiger partial charge in [0.2, 0.25) is 6.54 Å². The Kier molecular flexibility index (Phi) is 2.49. The molecule has 88 valence electrons. The van der Waals surface area contributed by atoms with E-state index < -0.39 is 13.2 Å². The number of rotatable bonds is 2. The topological polar surface area (TPSA) is 70.8 Å². The van der Waals surface area contributed by atoms with Gasteiger partial charge in [0.25, 0.3) is 0 Å². The predicted octanol–water partition coefficient (Wildman–Crippen LogP) is 0.139. The molecule has 0 aliphatic carbocycles. The Hall–Kier alpha value is -1.60. The molecule has 1 atom stereocenters. The normalized spacial score (nSPS) is 21.6. The summed E-state index contributed by atoms with van der Waals surface area (Å²) in [6.45, 7) is 0.635. The smallest absolute Gasteiger partial charge is 0.492 e. The molecule has 0 unspecified atom stereocenters. The Morgan fingerprint density at radius 2 is 2.35 bits per heavy atom. The highest BCUT2D eigenvalue weighted by atomic mass is 16.6. The second-order valence-electron chi connectivity index (χ2n) is 3.95. The summed E-state index contributed by atoms with van der Waals surface area (Å²) in [5.41, 5.74) is 1.60. The highest BCUT2D eigenvalue weighted by Gasteiger charge is 2.43. The van der Waals surface area contributed by atoms with Crippen LogP contribution in [0.3, 0.4) is 0 Å².